The molecule has 1 aromatic heterocycles. The van der Waals surface area contributed by atoms with Gasteiger partial charge in [-0.1, -0.05) is 17.4 Å². The van der Waals surface area contributed by atoms with Gasteiger partial charge in [0.2, 0.25) is 5.91 Å². The second-order valence-electron chi connectivity index (χ2n) is 6.31. The first-order valence-corrected chi connectivity index (χ1v) is 8.35. The maximum absolute atomic E-state index is 12.0. The molecule has 4 rings (SSSR count). The third kappa shape index (κ3) is 2.39. The number of thiazole rings is 1. The number of aryl methyl sites for hydroxylation is 2. The summed E-state index contributed by atoms with van der Waals surface area (Å²) >= 11 is 1.73. The number of carbonyl (C=O) groups is 1. The summed E-state index contributed by atoms with van der Waals surface area (Å²) < 4.78 is 1.24. The van der Waals surface area contributed by atoms with Crippen molar-refractivity contribution >= 4 is 32.6 Å². The number of amides is 1. The number of nitrogens with one attached hydrogen (secondary N) is 1. The minimum Gasteiger partial charge on any atom is -0.353 e. The topological polar surface area (TPSA) is 45.2 Å². The highest BCUT2D eigenvalue weighted by molar-refractivity contribution is 7.22. The maximum atomic E-state index is 12.0. The largest absolute Gasteiger partial charge is 0.353 e. The van der Waals surface area contributed by atoms with Crippen LogP contribution in [0.25, 0.3) is 10.2 Å². The highest BCUT2D eigenvalue weighted by atomic mass is 32.1. The second-order valence-corrected chi connectivity index (χ2v) is 7.32. The summed E-state index contributed by atoms with van der Waals surface area (Å²) in [4.78, 5) is 18.9. The van der Waals surface area contributed by atoms with E-state index < -0.39 is 0 Å². The number of fused-ring (bicyclic) bond motifs is 1. The fourth-order valence-corrected chi connectivity index (χ4v) is 4.00. The first-order chi connectivity index (χ1) is 10.1. The summed E-state index contributed by atoms with van der Waals surface area (Å²) in [6.45, 7) is 5.83. The molecule has 1 N–H and O–H groups in total. The molecule has 1 aliphatic carbocycles. The van der Waals surface area contributed by atoms with Crippen molar-refractivity contribution in [3.63, 3.8) is 0 Å². The summed E-state index contributed by atoms with van der Waals surface area (Å²) in [5.74, 6) is 0.363. The van der Waals surface area contributed by atoms with Gasteiger partial charge in [-0.3, -0.25) is 4.79 Å². The Hall–Kier alpha value is -1.62. The summed E-state index contributed by atoms with van der Waals surface area (Å²) in [6.07, 6.45) is 2.30. The predicted octanol–water partition coefficient (Wildman–Crippen LogP) is 2.63. The Kier molecular flexibility index (Phi) is 2.92. The van der Waals surface area contributed by atoms with Crippen molar-refractivity contribution in [2.45, 2.75) is 32.7 Å². The van der Waals surface area contributed by atoms with Gasteiger partial charge in [-0.25, -0.2) is 4.98 Å². The van der Waals surface area contributed by atoms with E-state index in [9.17, 15) is 4.79 Å². The number of benzene rings is 1. The lowest BCUT2D eigenvalue weighted by Crippen LogP contribution is -2.54. The fourth-order valence-electron chi connectivity index (χ4n) is 2.84. The Morgan fingerprint density at radius 2 is 2.10 bits per heavy atom. The number of aromatic nitrogens is 1. The molecule has 2 heterocycles. The average molecular weight is 301 g/mol. The van der Waals surface area contributed by atoms with Crippen molar-refractivity contribution < 1.29 is 4.79 Å². The summed E-state index contributed by atoms with van der Waals surface area (Å²) in [5, 5.41) is 4.14. The summed E-state index contributed by atoms with van der Waals surface area (Å²) in [7, 11) is 0. The summed E-state index contributed by atoms with van der Waals surface area (Å²) in [5.41, 5.74) is 3.61. The van der Waals surface area contributed by atoms with Crippen LogP contribution in [0, 0.1) is 19.8 Å². The van der Waals surface area contributed by atoms with Gasteiger partial charge < -0.3 is 10.2 Å². The van der Waals surface area contributed by atoms with Gasteiger partial charge >= 0.3 is 0 Å². The molecule has 1 aliphatic heterocycles. The fraction of sp³-hybridized carbons (Fsp3) is 0.500. The van der Waals surface area contributed by atoms with Crippen LogP contribution in [0.1, 0.15) is 24.0 Å². The van der Waals surface area contributed by atoms with Crippen LogP contribution in [-0.4, -0.2) is 30.0 Å². The number of nitrogens with zero attached hydrogens (tertiary/aromatic N) is 2. The lowest BCUT2D eigenvalue weighted by Gasteiger charge is -2.38. The van der Waals surface area contributed by atoms with Crippen molar-refractivity contribution in [2.75, 3.05) is 18.0 Å². The van der Waals surface area contributed by atoms with E-state index in [1.807, 2.05) is 0 Å². The molecule has 1 saturated carbocycles. The zero-order valence-corrected chi connectivity index (χ0v) is 13.2. The Balaban J connectivity index is 1.48. The molecule has 110 valence electrons. The van der Waals surface area contributed by atoms with E-state index in [1.54, 1.807) is 11.3 Å². The molecule has 1 amide bonds. The molecular formula is C16H19N3OS. The number of hydrogen-bond acceptors (Lipinski definition) is 4. The molecule has 0 radical (unpaired) electrons. The summed E-state index contributed by atoms with van der Waals surface area (Å²) in [6, 6.07) is 4.83. The minimum absolute atomic E-state index is 0.139. The molecule has 2 aromatic rings. The van der Waals surface area contributed by atoms with Crippen LogP contribution < -0.4 is 10.2 Å². The highest BCUT2D eigenvalue weighted by Gasteiger charge is 2.36. The minimum atomic E-state index is 0.139. The molecule has 4 nitrogen and oxygen atoms in total. The maximum Gasteiger partial charge on any atom is 0.226 e. The van der Waals surface area contributed by atoms with Crippen LogP contribution in [0.15, 0.2) is 12.1 Å². The standard InChI is InChI=1S/C16H19N3OS/c1-9-5-10(2)14-13(6-9)21-16(18-14)19-7-11(8-19)15(20)17-12-3-4-12/h5-6,11-12H,3-4,7-8H2,1-2H3,(H,17,20). The van der Waals surface area contributed by atoms with Gasteiger partial charge in [0, 0.05) is 19.1 Å². The van der Waals surface area contributed by atoms with Crippen molar-refractivity contribution in [3.05, 3.63) is 23.3 Å². The predicted molar refractivity (Wildman–Crippen MR) is 86.0 cm³/mol. The van der Waals surface area contributed by atoms with Crippen molar-refractivity contribution in [1.82, 2.24) is 10.3 Å². The van der Waals surface area contributed by atoms with Gasteiger partial charge in [0.15, 0.2) is 5.13 Å². The van der Waals surface area contributed by atoms with Gasteiger partial charge in [0.05, 0.1) is 16.1 Å². The third-order valence-electron chi connectivity index (χ3n) is 4.27. The molecule has 2 aliphatic rings. The Labute approximate surface area is 128 Å². The van der Waals surface area contributed by atoms with E-state index in [0.717, 1.165) is 36.6 Å². The van der Waals surface area contributed by atoms with Crippen molar-refractivity contribution in [3.8, 4) is 0 Å². The van der Waals surface area contributed by atoms with E-state index in [-0.39, 0.29) is 11.8 Å². The van der Waals surface area contributed by atoms with Gasteiger partial charge in [0.1, 0.15) is 0 Å². The average Bonchev–Trinajstić information content (AvgIpc) is 3.05. The van der Waals surface area contributed by atoms with Gasteiger partial charge in [-0.15, -0.1) is 0 Å². The van der Waals surface area contributed by atoms with E-state index in [2.05, 4.69) is 36.2 Å². The first kappa shape index (κ1) is 13.1. The number of rotatable bonds is 3. The lowest BCUT2D eigenvalue weighted by atomic mass is 10.00. The van der Waals surface area contributed by atoms with Crippen molar-refractivity contribution in [1.29, 1.82) is 0 Å². The molecule has 0 spiro atoms. The first-order valence-electron chi connectivity index (χ1n) is 7.53. The monoisotopic (exact) mass is 301 g/mol. The van der Waals surface area contributed by atoms with Crippen LogP contribution in [0.5, 0.6) is 0 Å². The van der Waals surface area contributed by atoms with E-state index in [4.69, 9.17) is 4.98 Å². The quantitative estimate of drug-likeness (QED) is 0.948. The molecule has 2 fully saturated rings. The third-order valence-corrected chi connectivity index (χ3v) is 5.33. The van der Waals surface area contributed by atoms with E-state index in [0.29, 0.717) is 6.04 Å². The lowest BCUT2D eigenvalue weighted by molar-refractivity contribution is -0.125. The molecule has 0 bridgehead atoms. The second kappa shape index (κ2) is 4.70. The number of hydrogen-bond donors (Lipinski definition) is 1. The van der Waals surface area contributed by atoms with Crippen LogP contribution in [0.3, 0.4) is 0 Å². The number of anilines is 1. The Bertz CT molecular complexity index is 714. The molecule has 0 atom stereocenters. The molecule has 21 heavy (non-hydrogen) atoms. The van der Waals surface area contributed by atoms with E-state index in [1.165, 1.54) is 15.8 Å². The molecular weight excluding hydrogens is 282 g/mol. The van der Waals surface area contributed by atoms with E-state index >= 15 is 0 Å². The van der Waals surface area contributed by atoms with Gasteiger partial charge in [0.25, 0.3) is 0 Å². The zero-order valence-electron chi connectivity index (χ0n) is 12.3. The van der Waals surface area contributed by atoms with Crippen LogP contribution in [0.2, 0.25) is 0 Å². The van der Waals surface area contributed by atoms with Crippen LogP contribution >= 0.6 is 11.3 Å². The zero-order chi connectivity index (χ0) is 14.6. The van der Waals surface area contributed by atoms with Crippen LogP contribution in [0.4, 0.5) is 5.13 Å². The SMILES string of the molecule is Cc1cc(C)c2nc(N3CC(C(=O)NC4CC4)C3)sc2c1. The number of carbonyl (C=O) groups excluding carboxylic acids is 1. The Morgan fingerprint density at radius 1 is 1.33 bits per heavy atom. The Morgan fingerprint density at radius 3 is 2.81 bits per heavy atom. The van der Waals surface area contributed by atoms with Gasteiger partial charge in [-0.05, 0) is 43.9 Å². The molecule has 5 heteroatoms. The molecule has 1 aromatic carbocycles. The smallest absolute Gasteiger partial charge is 0.226 e. The van der Waals surface area contributed by atoms with Crippen molar-refractivity contribution in [2.24, 2.45) is 5.92 Å². The van der Waals surface area contributed by atoms with Gasteiger partial charge in [-0.2, -0.15) is 0 Å². The molecule has 1 saturated heterocycles. The highest BCUT2D eigenvalue weighted by Crippen LogP contribution is 2.35. The molecule has 0 unspecified atom stereocenters. The normalized spacial score (nSPS) is 18.9. The van der Waals surface area contributed by atoms with Crippen LogP contribution in [-0.2, 0) is 4.79 Å².